The van der Waals surface area contributed by atoms with Crippen LogP contribution in [-0.4, -0.2) is 13.7 Å². The highest BCUT2D eigenvalue weighted by Crippen LogP contribution is 2.22. The minimum absolute atomic E-state index is 0.722. The molecule has 0 N–H and O–H groups in total. The first kappa shape index (κ1) is 13.5. The van der Waals surface area contributed by atoms with Crippen molar-refractivity contribution in [3.63, 3.8) is 0 Å². The van der Waals surface area contributed by atoms with Gasteiger partial charge in [-0.1, -0.05) is 24.3 Å². The third-order valence-electron chi connectivity index (χ3n) is 3.11. The largest absolute Gasteiger partial charge is 0.499 e. The molecule has 0 atom stereocenters. The van der Waals surface area contributed by atoms with Gasteiger partial charge in [-0.05, 0) is 54.8 Å². The van der Waals surface area contributed by atoms with Crippen LogP contribution in [0.4, 0.5) is 0 Å². The van der Waals surface area contributed by atoms with Gasteiger partial charge in [0.2, 0.25) is 0 Å². The molecular formula is C17H20O2. The molecule has 0 radical (unpaired) electrons. The third-order valence-corrected chi connectivity index (χ3v) is 3.11. The van der Waals surface area contributed by atoms with E-state index in [4.69, 9.17) is 9.47 Å². The van der Waals surface area contributed by atoms with Gasteiger partial charge in [-0.15, -0.1) is 0 Å². The van der Waals surface area contributed by atoms with Crippen LogP contribution in [0.3, 0.4) is 0 Å². The zero-order chi connectivity index (χ0) is 13.7. The molecule has 0 aliphatic heterocycles. The summed E-state index contributed by atoms with van der Waals surface area (Å²) in [6.45, 7) is 4.72. The van der Waals surface area contributed by atoms with Crippen LogP contribution in [-0.2, 0) is 11.2 Å². The van der Waals surface area contributed by atoms with Crippen LogP contribution in [0.25, 0.3) is 10.8 Å². The zero-order valence-electron chi connectivity index (χ0n) is 11.8. The summed E-state index contributed by atoms with van der Waals surface area (Å²) >= 11 is 0. The fourth-order valence-electron chi connectivity index (χ4n) is 2.08. The highest BCUT2D eigenvalue weighted by Gasteiger charge is 1.98. The van der Waals surface area contributed by atoms with Crippen LogP contribution in [0.2, 0.25) is 0 Å². The topological polar surface area (TPSA) is 18.5 Å². The molecule has 0 fully saturated rings. The summed E-state index contributed by atoms with van der Waals surface area (Å²) in [6.07, 6.45) is 3.02. The predicted molar refractivity (Wildman–Crippen MR) is 79.6 cm³/mol. The average molecular weight is 256 g/mol. The summed E-state index contributed by atoms with van der Waals surface area (Å²) in [6, 6.07) is 12.6. The molecular weight excluding hydrogens is 236 g/mol. The number of benzene rings is 2. The number of rotatable bonds is 5. The summed E-state index contributed by atoms with van der Waals surface area (Å²) in [5, 5.41) is 2.44. The van der Waals surface area contributed by atoms with E-state index in [2.05, 4.69) is 36.4 Å². The first-order valence-corrected chi connectivity index (χ1v) is 6.59. The number of allylic oxidation sites excluding steroid dienone is 2. The van der Waals surface area contributed by atoms with E-state index in [-0.39, 0.29) is 0 Å². The van der Waals surface area contributed by atoms with E-state index < -0.39 is 0 Å². The molecule has 0 aliphatic rings. The van der Waals surface area contributed by atoms with Gasteiger partial charge in [0.25, 0.3) is 0 Å². The fraction of sp³-hybridized carbons (Fsp3) is 0.294. The van der Waals surface area contributed by atoms with Crippen LogP contribution < -0.4 is 4.74 Å². The lowest BCUT2D eigenvalue weighted by Gasteiger charge is -2.05. The van der Waals surface area contributed by atoms with E-state index >= 15 is 0 Å². The maximum Gasteiger partial charge on any atom is 0.119 e. The van der Waals surface area contributed by atoms with Crippen molar-refractivity contribution in [2.45, 2.75) is 20.3 Å². The van der Waals surface area contributed by atoms with E-state index in [9.17, 15) is 0 Å². The minimum Gasteiger partial charge on any atom is -0.499 e. The molecule has 0 amide bonds. The van der Waals surface area contributed by atoms with Crippen molar-refractivity contribution in [1.82, 2.24) is 0 Å². The molecule has 2 nitrogen and oxygen atoms in total. The van der Waals surface area contributed by atoms with E-state index in [1.54, 1.807) is 7.11 Å². The Hall–Kier alpha value is -1.96. The highest BCUT2D eigenvalue weighted by atomic mass is 16.5. The van der Waals surface area contributed by atoms with Crippen molar-refractivity contribution < 1.29 is 9.47 Å². The van der Waals surface area contributed by atoms with Crippen LogP contribution >= 0.6 is 0 Å². The Bertz CT molecular complexity index is 585. The molecule has 0 saturated heterocycles. The molecule has 2 aromatic carbocycles. The maximum absolute atomic E-state index is 5.43. The van der Waals surface area contributed by atoms with Gasteiger partial charge >= 0.3 is 0 Å². The second-order valence-electron chi connectivity index (χ2n) is 4.50. The van der Waals surface area contributed by atoms with E-state index in [0.29, 0.717) is 0 Å². The average Bonchev–Trinajstić information content (AvgIpc) is 2.44. The van der Waals surface area contributed by atoms with Crippen LogP contribution in [0.5, 0.6) is 5.75 Å². The molecule has 0 spiro atoms. The Morgan fingerprint density at radius 2 is 1.84 bits per heavy atom. The smallest absolute Gasteiger partial charge is 0.119 e. The van der Waals surface area contributed by atoms with Gasteiger partial charge < -0.3 is 9.47 Å². The fourth-order valence-corrected chi connectivity index (χ4v) is 2.08. The molecule has 100 valence electrons. The standard InChI is InChI=1S/C17H20O2/c1-4-19-13(2)5-6-14-7-8-16-12-17(18-3)10-9-15(16)11-14/h5,7-12H,4,6H2,1-3H3. The Kier molecular flexibility index (Phi) is 4.45. The number of hydrogen-bond acceptors (Lipinski definition) is 2. The predicted octanol–water partition coefficient (Wildman–Crippen LogP) is 4.33. The molecule has 0 heterocycles. The normalized spacial score (nSPS) is 11.6. The van der Waals surface area contributed by atoms with Crippen molar-refractivity contribution in [3.05, 3.63) is 53.8 Å². The lowest BCUT2D eigenvalue weighted by Crippen LogP contribution is -1.89. The van der Waals surface area contributed by atoms with Gasteiger partial charge in [-0.2, -0.15) is 0 Å². The monoisotopic (exact) mass is 256 g/mol. The van der Waals surface area contributed by atoms with Gasteiger partial charge in [-0.3, -0.25) is 0 Å². The van der Waals surface area contributed by atoms with E-state index in [0.717, 1.165) is 24.5 Å². The second-order valence-corrected chi connectivity index (χ2v) is 4.50. The van der Waals surface area contributed by atoms with Crippen LogP contribution in [0.15, 0.2) is 48.2 Å². The van der Waals surface area contributed by atoms with Crippen LogP contribution in [0, 0.1) is 0 Å². The SMILES string of the molecule is CCOC(C)=CCc1ccc2cc(OC)ccc2c1. The molecule has 0 aliphatic carbocycles. The van der Waals surface area contributed by atoms with Gasteiger partial charge in [0, 0.05) is 0 Å². The number of fused-ring (bicyclic) bond motifs is 1. The van der Waals surface area contributed by atoms with Crippen molar-refractivity contribution >= 4 is 10.8 Å². The third kappa shape index (κ3) is 3.50. The maximum atomic E-state index is 5.43. The van der Waals surface area contributed by atoms with Crippen molar-refractivity contribution in [2.75, 3.05) is 13.7 Å². The van der Waals surface area contributed by atoms with Crippen molar-refractivity contribution in [3.8, 4) is 5.75 Å². The van der Waals surface area contributed by atoms with Crippen molar-refractivity contribution in [1.29, 1.82) is 0 Å². The quantitative estimate of drug-likeness (QED) is 0.741. The molecule has 19 heavy (non-hydrogen) atoms. The molecule has 0 aromatic heterocycles. The molecule has 0 saturated carbocycles. The van der Waals surface area contributed by atoms with Gasteiger partial charge in [0.05, 0.1) is 19.5 Å². The Labute approximate surface area is 114 Å². The molecule has 0 bridgehead atoms. The summed E-state index contributed by atoms with van der Waals surface area (Å²) < 4.78 is 10.7. The lowest BCUT2D eigenvalue weighted by atomic mass is 10.0. The Morgan fingerprint density at radius 1 is 1.11 bits per heavy atom. The number of methoxy groups -OCH3 is 1. The van der Waals surface area contributed by atoms with E-state index in [1.807, 2.05) is 19.9 Å². The van der Waals surface area contributed by atoms with Crippen LogP contribution in [0.1, 0.15) is 19.4 Å². The number of hydrogen-bond donors (Lipinski definition) is 0. The number of ether oxygens (including phenoxy) is 2. The van der Waals surface area contributed by atoms with E-state index in [1.165, 1.54) is 16.3 Å². The molecule has 2 rings (SSSR count). The highest BCUT2D eigenvalue weighted by molar-refractivity contribution is 5.84. The molecule has 2 aromatic rings. The minimum atomic E-state index is 0.722. The Morgan fingerprint density at radius 3 is 2.58 bits per heavy atom. The van der Waals surface area contributed by atoms with Crippen molar-refractivity contribution in [2.24, 2.45) is 0 Å². The second kappa shape index (κ2) is 6.28. The summed E-state index contributed by atoms with van der Waals surface area (Å²) in [5.74, 6) is 1.88. The molecule has 0 unspecified atom stereocenters. The van der Waals surface area contributed by atoms with Gasteiger partial charge in [0.1, 0.15) is 5.75 Å². The zero-order valence-corrected chi connectivity index (χ0v) is 11.8. The summed E-state index contributed by atoms with van der Waals surface area (Å²) in [5.41, 5.74) is 1.29. The van der Waals surface area contributed by atoms with Gasteiger partial charge in [-0.25, -0.2) is 0 Å². The molecule has 2 heteroatoms. The lowest BCUT2D eigenvalue weighted by molar-refractivity contribution is 0.230. The summed E-state index contributed by atoms with van der Waals surface area (Å²) in [7, 11) is 1.69. The Balaban J connectivity index is 2.20. The summed E-state index contributed by atoms with van der Waals surface area (Å²) in [4.78, 5) is 0. The first-order valence-electron chi connectivity index (χ1n) is 6.59. The van der Waals surface area contributed by atoms with Gasteiger partial charge in [0.15, 0.2) is 0 Å². The first-order chi connectivity index (χ1) is 9.22.